The van der Waals surface area contributed by atoms with E-state index in [0.29, 0.717) is 0 Å². The Morgan fingerprint density at radius 2 is 1.18 bits per heavy atom. The topological polar surface area (TPSA) is 0 Å². The van der Waals surface area contributed by atoms with E-state index in [1.165, 1.54) is 102 Å². The van der Waals surface area contributed by atoms with E-state index in [1.807, 2.05) is 11.3 Å². The van der Waals surface area contributed by atoms with Gasteiger partial charge in [-0.3, -0.25) is 0 Å². The lowest BCUT2D eigenvalue weighted by Crippen LogP contribution is -1.95. The summed E-state index contributed by atoms with van der Waals surface area (Å²) in [6, 6.07) is 18.7. The highest BCUT2D eigenvalue weighted by Crippen LogP contribution is 2.40. The molecule has 0 aliphatic rings. The lowest BCUT2D eigenvalue weighted by molar-refractivity contribution is 0.651. The highest BCUT2D eigenvalue weighted by atomic mass is 32.1. The largest absolute Gasteiger partial charge is 0.140 e. The fourth-order valence-electron chi connectivity index (χ4n) is 5.17. The van der Waals surface area contributed by atoms with Crippen molar-refractivity contribution in [2.45, 2.75) is 91.9 Å². The smallest absolute Gasteiger partial charge is 0.0380 e. The van der Waals surface area contributed by atoms with Gasteiger partial charge in [-0.25, -0.2) is 0 Å². The van der Waals surface area contributed by atoms with Crippen molar-refractivity contribution in [3.05, 3.63) is 70.1 Å². The monoisotopic (exact) mass is 456 g/mol. The molecule has 174 valence electrons. The third-order valence-electron chi connectivity index (χ3n) is 7.09. The van der Waals surface area contributed by atoms with Crippen LogP contribution in [0.15, 0.2) is 48.5 Å². The molecule has 4 rings (SSSR count). The molecule has 4 aromatic rings. The number of hydrogen-bond acceptors (Lipinski definition) is 1. The second-order valence-corrected chi connectivity index (χ2v) is 11.1. The second-order valence-electron chi connectivity index (χ2n) is 9.83. The van der Waals surface area contributed by atoms with Crippen LogP contribution >= 0.6 is 11.3 Å². The van der Waals surface area contributed by atoms with Gasteiger partial charge >= 0.3 is 0 Å². The van der Waals surface area contributed by atoms with Gasteiger partial charge in [-0.1, -0.05) is 88.3 Å². The fraction of sp³-hybridized carbons (Fsp3) is 0.438. The van der Waals surface area contributed by atoms with Crippen molar-refractivity contribution < 1.29 is 0 Å². The quantitative estimate of drug-likeness (QED) is 0.155. The first kappa shape index (κ1) is 24.0. The molecule has 0 atom stereocenters. The van der Waals surface area contributed by atoms with Crippen molar-refractivity contribution in [2.24, 2.45) is 0 Å². The molecule has 0 aliphatic carbocycles. The van der Waals surface area contributed by atoms with Gasteiger partial charge in [0.1, 0.15) is 0 Å². The van der Waals surface area contributed by atoms with Crippen molar-refractivity contribution in [3.8, 4) is 10.4 Å². The molecule has 0 aliphatic heterocycles. The van der Waals surface area contributed by atoms with Crippen LogP contribution in [-0.4, -0.2) is 0 Å². The first-order chi connectivity index (χ1) is 16.1. The first-order valence-electron chi connectivity index (χ1n) is 13.2. The van der Waals surface area contributed by atoms with Gasteiger partial charge in [-0.2, -0.15) is 0 Å². The maximum Gasteiger partial charge on any atom is 0.0380 e. The van der Waals surface area contributed by atoms with Crippen molar-refractivity contribution in [2.75, 3.05) is 0 Å². The van der Waals surface area contributed by atoms with Crippen molar-refractivity contribution in [3.63, 3.8) is 0 Å². The summed E-state index contributed by atoms with van der Waals surface area (Å²) in [7, 11) is 0. The standard InChI is InChI=1S/C32H40S/c1-5-7-9-11-13-30-24(4)33-32(31(30)14-12-10-8-6-2)27-18-17-26-20-28-19-23(3)15-16-25(28)21-29(26)22-27/h15-22H,5-14H2,1-4H3. The van der Waals surface area contributed by atoms with E-state index in [-0.39, 0.29) is 0 Å². The Labute approximate surface area is 205 Å². The highest BCUT2D eigenvalue weighted by Gasteiger charge is 2.17. The zero-order chi connectivity index (χ0) is 23.2. The molecule has 0 saturated carbocycles. The number of fused-ring (bicyclic) bond motifs is 2. The summed E-state index contributed by atoms with van der Waals surface area (Å²) in [6.07, 6.45) is 13.2. The first-order valence-corrected chi connectivity index (χ1v) is 14.0. The van der Waals surface area contributed by atoms with Crippen LogP contribution in [0.3, 0.4) is 0 Å². The average molecular weight is 457 g/mol. The van der Waals surface area contributed by atoms with Crippen LogP contribution < -0.4 is 0 Å². The molecular formula is C32H40S. The molecule has 0 unspecified atom stereocenters. The Morgan fingerprint density at radius 3 is 1.85 bits per heavy atom. The normalized spacial score (nSPS) is 11.6. The minimum absolute atomic E-state index is 1.23. The number of benzene rings is 3. The van der Waals surface area contributed by atoms with Gasteiger partial charge < -0.3 is 0 Å². The zero-order valence-corrected chi connectivity index (χ0v) is 21.9. The van der Waals surface area contributed by atoms with Crippen molar-refractivity contribution in [1.82, 2.24) is 0 Å². The van der Waals surface area contributed by atoms with Gasteiger partial charge in [-0.15, -0.1) is 11.3 Å². The molecule has 0 fully saturated rings. The third kappa shape index (κ3) is 5.69. The number of unbranched alkanes of at least 4 members (excludes halogenated alkanes) is 6. The number of thiophene rings is 1. The minimum Gasteiger partial charge on any atom is -0.140 e. The molecule has 1 heteroatoms. The molecule has 0 nitrogen and oxygen atoms in total. The Bertz CT molecular complexity index is 1210. The van der Waals surface area contributed by atoms with Crippen molar-refractivity contribution in [1.29, 1.82) is 0 Å². The number of rotatable bonds is 11. The molecular weight excluding hydrogens is 416 g/mol. The summed E-state index contributed by atoms with van der Waals surface area (Å²) < 4.78 is 0. The predicted octanol–water partition coefficient (Wildman–Crippen LogP) is 10.6. The van der Waals surface area contributed by atoms with Gasteiger partial charge in [0.05, 0.1) is 0 Å². The van der Waals surface area contributed by atoms with E-state index in [1.54, 1.807) is 16.0 Å². The molecule has 0 bridgehead atoms. The summed E-state index contributed by atoms with van der Waals surface area (Å²) >= 11 is 2.04. The van der Waals surface area contributed by atoms with Crippen LogP contribution in [0, 0.1) is 13.8 Å². The predicted molar refractivity (Wildman–Crippen MR) is 150 cm³/mol. The molecule has 1 heterocycles. The maximum atomic E-state index is 2.44. The number of aryl methyl sites for hydroxylation is 2. The van der Waals surface area contributed by atoms with E-state index in [2.05, 4.69) is 76.2 Å². The molecule has 0 N–H and O–H groups in total. The lowest BCUT2D eigenvalue weighted by atomic mass is 9.94. The van der Waals surface area contributed by atoms with E-state index in [4.69, 9.17) is 0 Å². The van der Waals surface area contributed by atoms with Crippen LogP contribution in [0.1, 0.15) is 86.8 Å². The highest BCUT2D eigenvalue weighted by molar-refractivity contribution is 7.15. The Hall–Kier alpha value is -2.12. The van der Waals surface area contributed by atoms with Gasteiger partial charge in [0.2, 0.25) is 0 Å². The summed E-state index contributed by atoms with van der Waals surface area (Å²) in [6.45, 7) is 9.14. The summed E-state index contributed by atoms with van der Waals surface area (Å²) in [5, 5.41) is 5.38. The van der Waals surface area contributed by atoms with E-state index in [0.717, 1.165) is 0 Å². The van der Waals surface area contributed by atoms with Crippen LogP contribution in [-0.2, 0) is 12.8 Å². The van der Waals surface area contributed by atoms with E-state index in [9.17, 15) is 0 Å². The number of hydrogen-bond donors (Lipinski definition) is 0. The molecule has 1 aromatic heterocycles. The zero-order valence-electron chi connectivity index (χ0n) is 21.1. The van der Waals surface area contributed by atoms with E-state index < -0.39 is 0 Å². The Balaban J connectivity index is 1.70. The molecule has 0 amide bonds. The lowest BCUT2D eigenvalue weighted by Gasteiger charge is -2.11. The van der Waals surface area contributed by atoms with Crippen LogP contribution in [0.5, 0.6) is 0 Å². The van der Waals surface area contributed by atoms with Gasteiger partial charge in [0.25, 0.3) is 0 Å². The van der Waals surface area contributed by atoms with Crippen LogP contribution in [0.2, 0.25) is 0 Å². The van der Waals surface area contributed by atoms with Crippen LogP contribution in [0.4, 0.5) is 0 Å². The fourth-order valence-corrected chi connectivity index (χ4v) is 6.41. The van der Waals surface area contributed by atoms with E-state index >= 15 is 0 Å². The Morgan fingerprint density at radius 1 is 0.576 bits per heavy atom. The SMILES string of the molecule is CCCCCCc1c(C)sc(-c2ccc3cc4cc(C)ccc4cc3c2)c1CCCCCC. The van der Waals surface area contributed by atoms with Crippen LogP contribution in [0.25, 0.3) is 32.0 Å². The summed E-state index contributed by atoms with van der Waals surface area (Å²) in [5.41, 5.74) is 6.05. The van der Waals surface area contributed by atoms with Crippen molar-refractivity contribution >= 4 is 32.9 Å². The van der Waals surface area contributed by atoms with Gasteiger partial charge in [0, 0.05) is 9.75 Å². The van der Waals surface area contributed by atoms with Gasteiger partial charge in [-0.05, 0) is 96.0 Å². The molecule has 0 spiro atoms. The minimum atomic E-state index is 1.23. The molecule has 0 radical (unpaired) electrons. The van der Waals surface area contributed by atoms with Gasteiger partial charge in [0.15, 0.2) is 0 Å². The average Bonchev–Trinajstić information content (AvgIpc) is 3.13. The molecule has 3 aromatic carbocycles. The maximum absolute atomic E-state index is 2.44. The molecule has 0 saturated heterocycles. The summed E-state index contributed by atoms with van der Waals surface area (Å²) in [4.78, 5) is 3.07. The summed E-state index contributed by atoms with van der Waals surface area (Å²) in [5.74, 6) is 0. The molecule has 33 heavy (non-hydrogen) atoms. The second kappa shape index (κ2) is 11.3. The Kier molecular flexibility index (Phi) is 8.25. The third-order valence-corrected chi connectivity index (χ3v) is 8.33.